The van der Waals surface area contributed by atoms with Crippen LogP contribution in [0.4, 0.5) is 51.2 Å². The maximum absolute atomic E-state index is 9.66. The van der Waals surface area contributed by atoms with Gasteiger partial charge in [-0.25, -0.2) is 0 Å². The van der Waals surface area contributed by atoms with Crippen LogP contribution in [-0.4, -0.2) is 6.71 Å². The molecule has 5 heteroatoms. The third kappa shape index (κ3) is 5.18. The summed E-state index contributed by atoms with van der Waals surface area (Å²) in [5.41, 5.74) is 13.1. The molecule has 0 amide bonds. The van der Waals surface area contributed by atoms with E-state index in [9.17, 15) is 2.74 Å². The van der Waals surface area contributed by atoms with Crippen molar-refractivity contribution < 1.29 is 11.3 Å². The van der Waals surface area contributed by atoms with Crippen LogP contribution in [0.25, 0.3) is 33.1 Å². The Hall–Kier alpha value is -7.76. The maximum Gasteiger partial charge on any atom is 0.252 e. The van der Waals surface area contributed by atoms with Crippen molar-refractivity contribution in [2.75, 3.05) is 14.7 Å². The molecule has 3 heterocycles. The van der Waals surface area contributed by atoms with E-state index in [1.807, 2.05) is 95.9 Å². The molecule has 0 unspecified atom stereocenters. The molecule has 0 atom stereocenters. The van der Waals surface area contributed by atoms with Gasteiger partial charge in [0.15, 0.2) is 5.58 Å². The summed E-state index contributed by atoms with van der Waals surface area (Å²) < 4.78 is 53.1. The summed E-state index contributed by atoms with van der Waals surface area (Å²) in [7, 11) is 0. The lowest BCUT2D eigenvalue weighted by Crippen LogP contribution is -2.61. The van der Waals surface area contributed by atoms with Gasteiger partial charge < -0.3 is 19.1 Å². The summed E-state index contributed by atoms with van der Waals surface area (Å²) in [6, 6.07) is 62.0. The predicted octanol–water partition coefficient (Wildman–Crippen LogP) is 12.8. The molecule has 0 bridgehead atoms. The van der Waals surface area contributed by atoms with Gasteiger partial charge in [0.05, 0.1) is 18.2 Å². The second-order valence-electron chi connectivity index (χ2n) is 14.9. The Bertz CT molecular complexity index is 3350. The smallest absolute Gasteiger partial charge is 0.252 e. The quantitative estimate of drug-likeness (QED) is 0.158. The number of hydrogen-bond acceptors (Lipinski definition) is 4. The monoisotopic (exact) mass is 758 g/mol. The van der Waals surface area contributed by atoms with E-state index in [0.717, 1.165) is 72.4 Å². The lowest BCUT2D eigenvalue weighted by molar-refractivity contribution is 0.669. The van der Waals surface area contributed by atoms with Crippen LogP contribution in [0.3, 0.4) is 0 Å². The topological polar surface area (TPSA) is 22.9 Å². The fourth-order valence-corrected chi connectivity index (χ4v) is 9.30. The van der Waals surface area contributed by atoms with E-state index in [-0.39, 0.29) is 24.5 Å². The molecule has 0 N–H and O–H groups in total. The van der Waals surface area contributed by atoms with E-state index in [0.29, 0.717) is 22.5 Å². The molecule has 0 fully saturated rings. The normalized spacial score (nSPS) is 13.8. The van der Waals surface area contributed by atoms with Crippen LogP contribution >= 0.6 is 0 Å². The van der Waals surface area contributed by atoms with Crippen molar-refractivity contribution in [1.29, 1.82) is 0 Å². The van der Waals surface area contributed by atoms with Gasteiger partial charge in [0, 0.05) is 56.1 Å². The molecule has 10 aromatic rings. The van der Waals surface area contributed by atoms with E-state index in [1.54, 1.807) is 0 Å². The van der Waals surface area contributed by atoms with Crippen molar-refractivity contribution in [2.24, 2.45) is 0 Å². The van der Waals surface area contributed by atoms with Gasteiger partial charge in [-0.2, -0.15) is 0 Å². The van der Waals surface area contributed by atoms with E-state index >= 15 is 0 Å². The average Bonchev–Trinajstić information content (AvgIpc) is 3.73. The van der Waals surface area contributed by atoms with Gasteiger partial charge in [0.25, 0.3) is 6.71 Å². The Morgan fingerprint density at radius 2 is 1.02 bits per heavy atom. The highest BCUT2D eigenvalue weighted by atomic mass is 16.3. The van der Waals surface area contributed by atoms with Crippen LogP contribution in [0, 0.1) is 0 Å². The number of hydrogen-bond donors (Lipinski definition) is 0. The van der Waals surface area contributed by atoms with E-state index < -0.39 is 18.1 Å². The highest BCUT2D eigenvalue weighted by Crippen LogP contribution is 2.51. The van der Waals surface area contributed by atoms with Crippen LogP contribution in [0.5, 0.6) is 0 Å². The number of anilines is 9. The van der Waals surface area contributed by atoms with Crippen molar-refractivity contribution in [1.82, 2.24) is 0 Å². The lowest BCUT2D eigenvalue weighted by atomic mass is 9.33. The summed E-state index contributed by atoms with van der Waals surface area (Å²) >= 11 is 0. The molecular formula is C54H36BN3O. The van der Waals surface area contributed by atoms with Crippen LogP contribution in [-0.2, 0) is 0 Å². The molecule has 0 aliphatic carbocycles. The number of nitrogens with zero attached hydrogens (tertiary/aromatic N) is 3. The van der Waals surface area contributed by atoms with Crippen LogP contribution in [0.1, 0.15) is 6.85 Å². The van der Waals surface area contributed by atoms with Crippen LogP contribution < -0.4 is 31.1 Å². The largest absolute Gasteiger partial charge is 0.454 e. The van der Waals surface area contributed by atoms with Crippen molar-refractivity contribution in [3.63, 3.8) is 0 Å². The predicted molar refractivity (Wildman–Crippen MR) is 248 cm³/mol. The highest BCUT2D eigenvalue weighted by molar-refractivity contribution is 7.00. The molecular weight excluding hydrogens is 717 g/mol. The molecule has 0 radical (unpaired) electrons. The first-order chi connectivity index (χ1) is 31.4. The summed E-state index contributed by atoms with van der Waals surface area (Å²) in [5.74, 6) is 0. The SMILES string of the molecule is [2H]c1c([2H])c([2H])c(N(c2cc3c4c(c2)N(c2ccccc2)c2ccccc2B4c2ccccc2N3c2ccccc2)c2c(-c3ccccc3)ccc3c2oc2ccccc23)c([2H])c1[2H]. The van der Waals surface area contributed by atoms with Crippen molar-refractivity contribution in [2.45, 2.75) is 0 Å². The van der Waals surface area contributed by atoms with Gasteiger partial charge in [0.1, 0.15) is 5.58 Å². The molecule has 4 nitrogen and oxygen atoms in total. The Balaban J connectivity index is 1.28. The average molecular weight is 759 g/mol. The Labute approximate surface area is 350 Å². The van der Waals surface area contributed by atoms with Gasteiger partial charge in [0.2, 0.25) is 0 Å². The zero-order valence-corrected chi connectivity index (χ0v) is 31.7. The highest BCUT2D eigenvalue weighted by Gasteiger charge is 2.44. The Kier molecular flexibility index (Phi) is 6.51. The molecule has 12 rings (SSSR count). The molecule has 1 aromatic heterocycles. The summed E-state index contributed by atoms with van der Waals surface area (Å²) in [6.45, 7) is -0.153. The van der Waals surface area contributed by atoms with Gasteiger partial charge in [-0.15, -0.1) is 0 Å². The maximum atomic E-state index is 9.66. The van der Waals surface area contributed by atoms with Crippen LogP contribution in [0.2, 0.25) is 0 Å². The number of rotatable bonds is 6. The van der Waals surface area contributed by atoms with E-state index in [1.165, 1.54) is 0 Å². The molecule has 2 aliphatic rings. The second kappa shape index (κ2) is 13.4. The van der Waals surface area contributed by atoms with Gasteiger partial charge in [-0.1, -0.05) is 146 Å². The van der Waals surface area contributed by atoms with Gasteiger partial charge >= 0.3 is 0 Å². The summed E-state index contributed by atoms with van der Waals surface area (Å²) in [6.07, 6.45) is 0. The fourth-order valence-electron chi connectivity index (χ4n) is 9.30. The third-order valence-corrected chi connectivity index (χ3v) is 11.7. The Morgan fingerprint density at radius 3 is 1.64 bits per heavy atom. The first-order valence-electron chi connectivity index (χ1n) is 22.3. The zero-order chi connectivity index (χ0) is 43.2. The number of fused-ring (bicyclic) bond motifs is 7. The van der Waals surface area contributed by atoms with Crippen LogP contribution in [0.15, 0.2) is 223 Å². The molecule has 9 aromatic carbocycles. The summed E-state index contributed by atoms with van der Waals surface area (Å²) in [4.78, 5) is 6.45. The summed E-state index contributed by atoms with van der Waals surface area (Å²) in [5, 5.41) is 1.74. The van der Waals surface area contributed by atoms with Gasteiger partial charge in [-0.3, -0.25) is 0 Å². The fraction of sp³-hybridized carbons (Fsp3) is 0. The number of furan rings is 1. The standard InChI is InChI=1S/C54H36BN3O/c1-5-19-37(20-6-1)42-33-34-44-43-27-13-18-32-51(43)59-54(44)53(42)56(38-21-7-2-8-22-38)41-35-49-52-50(36-41)58(40-25-11-4-12-26-40)48-31-17-15-29-46(48)55(52)45-28-14-16-30-47(45)57(49)39-23-9-3-10-24-39/h1-36H/i2D,7D,8D,21D,22D. The molecule has 0 saturated heterocycles. The molecule has 59 heavy (non-hydrogen) atoms. The Morgan fingerprint density at radius 1 is 0.475 bits per heavy atom. The lowest BCUT2D eigenvalue weighted by Gasteiger charge is -2.45. The molecule has 0 spiro atoms. The minimum absolute atomic E-state index is 0.00442. The number of benzene rings is 9. The third-order valence-electron chi connectivity index (χ3n) is 11.7. The first kappa shape index (κ1) is 28.6. The minimum atomic E-state index is -0.467. The molecule has 276 valence electrons. The minimum Gasteiger partial charge on any atom is -0.454 e. The van der Waals surface area contributed by atoms with Gasteiger partial charge in [-0.05, 0) is 94.7 Å². The molecule has 2 aliphatic heterocycles. The van der Waals surface area contributed by atoms with Crippen molar-refractivity contribution in [3.8, 4) is 11.1 Å². The van der Waals surface area contributed by atoms with E-state index in [2.05, 4.69) is 107 Å². The zero-order valence-electron chi connectivity index (χ0n) is 36.7. The molecule has 0 saturated carbocycles. The van der Waals surface area contributed by atoms with Crippen molar-refractivity contribution in [3.05, 3.63) is 218 Å². The number of para-hydroxylation sites is 6. The van der Waals surface area contributed by atoms with E-state index in [4.69, 9.17) is 8.53 Å². The first-order valence-corrected chi connectivity index (χ1v) is 19.8. The second-order valence-corrected chi connectivity index (χ2v) is 14.9. The van der Waals surface area contributed by atoms with Crippen molar-refractivity contribution >= 4 is 96.2 Å².